The predicted molar refractivity (Wildman–Crippen MR) is 88.2 cm³/mol. The van der Waals surface area contributed by atoms with Crippen LogP contribution in [0, 0.1) is 5.82 Å². The zero-order valence-electron chi connectivity index (χ0n) is 13.5. The molecule has 0 aliphatic heterocycles. The maximum Gasteiger partial charge on any atom is 0.387 e. The number of carbonyl (C=O) groups is 1. The number of alkyl halides is 2. The predicted octanol–water partition coefficient (Wildman–Crippen LogP) is 4.88. The topological polar surface area (TPSA) is 38.3 Å². The number of nitrogens with one attached hydrogen (secondary N) is 1. The molecule has 1 amide bonds. The number of ether oxygens (including phenoxy) is 1. The van der Waals surface area contributed by atoms with Gasteiger partial charge in [0.05, 0.1) is 5.41 Å². The fourth-order valence-corrected chi connectivity index (χ4v) is 3.42. The lowest BCUT2D eigenvalue weighted by Gasteiger charge is -2.28. The molecule has 0 unspecified atom stereocenters. The van der Waals surface area contributed by atoms with Crippen LogP contribution >= 0.6 is 0 Å². The molecule has 1 fully saturated rings. The van der Waals surface area contributed by atoms with Gasteiger partial charge in [0, 0.05) is 11.3 Å². The fraction of sp³-hybridized carbons (Fsp3) is 0.316. The Morgan fingerprint density at radius 1 is 1.04 bits per heavy atom. The standard InChI is InChI=1S/C19H18F3NO2/c20-16-6-2-1-5-15(16)19(11-3-4-12-19)17(24)23-13-7-9-14(10-8-13)25-18(21)22/h1-2,5-10,18H,3-4,11-12H2,(H,23,24). The third-order valence-electron chi connectivity index (χ3n) is 4.62. The van der Waals surface area contributed by atoms with E-state index in [1.807, 2.05) is 0 Å². The van der Waals surface area contributed by atoms with Crippen LogP contribution in [0.5, 0.6) is 5.75 Å². The van der Waals surface area contributed by atoms with Crippen molar-refractivity contribution in [3.8, 4) is 5.75 Å². The average molecular weight is 349 g/mol. The Bertz CT molecular complexity index is 741. The molecule has 3 rings (SSSR count). The number of carbonyl (C=O) groups excluding carboxylic acids is 1. The molecule has 0 aromatic heterocycles. The molecular formula is C19H18F3NO2. The summed E-state index contributed by atoms with van der Waals surface area (Å²) >= 11 is 0. The summed E-state index contributed by atoms with van der Waals surface area (Å²) in [5.74, 6) is -0.657. The van der Waals surface area contributed by atoms with Crippen LogP contribution in [0.1, 0.15) is 31.2 Å². The van der Waals surface area contributed by atoms with Crippen LogP contribution in [0.3, 0.4) is 0 Å². The van der Waals surface area contributed by atoms with Crippen molar-refractivity contribution in [2.45, 2.75) is 37.7 Å². The van der Waals surface area contributed by atoms with E-state index in [0.29, 0.717) is 24.1 Å². The summed E-state index contributed by atoms with van der Waals surface area (Å²) in [6, 6.07) is 12.0. The molecule has 25 heavy (non-hydrogen) atoms. The summed E-state index contributed by atoms with van der Waals surface area (Å²) in [5, 5.41) is 2.78. The Balaban J connectivity index is 1.81. The summed E-state index contributed by atoms with van der Waals surface area (Å²) in [4.78, 5) is 12.9. The highest BCUT2D eigenvalue weighted by molar-refractivity contribution is 5.99. The Morgan fingerprint density at radius 3 is 2.28 bits per heavy atom. The largest absolute Gasteiger partial charge is 0.435 e. The van der Waals surface area contributed by atoms with E-state index in [1.165, 1.54) is 30.3 Å². The van der Waals surface area contributed by atoms with Gasteiger partial charge in [-0.25, -0.2) is 4.39 Å². The molecule has 1 N–H and O–H groups in total. The maximum atomic E-state index is 14.3. The minimum absolute atomic E-state index is 0.0117. The smallest absolute Gasteiger partial charge is 0.387 e. The molecule has 2 aromatic rings. The Morgan fingerprint density at radius 2 is 1.68 bits per heavy atom. The molecule has 0 spiro atoms. The van der Waals surface area contributed by atoms with Gasteiger partial charge < -0.3 is 10.1 Å². The minimum atomic E-state index is -2.90. The monoisotopic (exact) mass is 349 g/mol. The van der Waals surface area contributed by atoms with Crippen molar-refractivity contribution in [3.63, 3.8) is 0 Å². The molecule has 1 saturated carbocycles. The second-order valence-corrected chi connectivity index (χ2v) is 6.13. The van der Waals surface area contributed by atoms with Gasteiger partial charge in [0.15, 0.2) is 0 Å². The molecule has 0 radical (unpaired) electrons. The number of anilines is 1. The summed E-state index contributed by atoms with van der Waals surface area (Å²) in [6.07, 6.45) is 2.85. The molecule has 1 aliphatic carbocycles. The molecule has 6 heteroatoms. The van der Waals surface area contributed by atoms with Crippen molar-refractivity contribution in [3.05, 3.63) is 59.9 Å². The zero-order chi connectivity index (χ0) is 17.9. The lowest BCUT2D eigenvalue weighted by molar-refractivity contribution is -0.121. The van der Waals surface area contributed by atoms with Crippen LogP contribution in [-0.4, -0.2) is 12.5 Å². The fourth-order valence-electron chi connectivity index (χ4n) is 3.42. The first kappa shape index (κ1) is 17.3. The highest BCUT2D eigenvalue weighted by atomic mass is 19.3. The van der Waals surface area contributed by atoms with Gasteiger partial charge in [0.25, 0.3) is 0 Å². The van der Waals surface area contributed by atoms with Crippen molar-refractivity contribution in [2.75, 3.05) is 5.32 Å². The number of benzene rings is 2. The van der Waals surface area contributed by atoms with Crippen LogP contribution in [0.25, 0.3) is 0 Å². The maximum absolute atomic E-state index is 14.3. The van der Waals surface area contributed by atoms with E-state index in [1.54, 1.807) is 18.2 Å². The van der Waals surface area contributed by atoms with Gasteiger partial charge in [-0.05, 0) is 43.2 Å². The van der Waals surface area contributed by atoms with E-state index in [9.17, 15) is 18.0 Å². The van der Waals surface area contributed by atoms with Crippen LogP contribution < -0.4 is 10.1 Å². The third kappa shape index (κ3) is 3.62. The van der Waals surface area contributed by atoms with E-state index < -0.39 is 12.0 Å². The molecule has 3 nitrogen and oxygen atoms in total. The van der Waals surface area contributed by atoms with E-state index in [2.05, 4.69) is 10.1 Å². The van der Waals surface area contributed by atoms with Crippen LogP contribution in [-0.2, 0) is 10.2 Å². The average Bonchev–Trinajstić information content (AvgIpc) is 3.07. The molecule has 0 saturated heterocycles. The van der Waals surface area contributed by atoms with Crippen molar-refractivity contribution < 1.29 is 22.7 Å². The molecule has 0 bridgehead atoms. The molecular weight excluding hydrogens is 331 g/mol. The number of amides is 1. The number of hydrogen-bond acceptors (Lipinski definition) is 2. The summed E-state index contributed by atoms with van der Waals surface area (Å²) in [7, 11) is 0. The van der Waals surface area contributed by atoms with Gasteiger partial charge in [0.1, 0.15) is 11.6 Å². The minimum Gasteiger partial charge on any atom is -0.435 e. The lowest BCUT2D eigenvalue weighted by atomic mass is 9.77. The second kappa shape index (κ2) is 7.17. The molecule has 0 atom stereocenters. The highest BCUT2D eigenvalue weighted by Gasteiger charge is 2.44. The van der Waals surface area contributed by atoms with Crippen LogP contribution in [0.2, 0.25) is 0 Å². The van der Waals surface area contributed by atoms with Crippen molar-refractivity contribution in [1.29, 1.82) is 0 Å². The van der Waals surface area contributed by atoms with E-state index in [0.717, 1.165) is 12.8 Å². The first-order chi connectivity index (χ1) is 12.0. The summed E-state index contributed by atoms with van der Waals surface area (Å²) < 4.78 is 42.9. The summed E-state index contributed by atoms with van der Waals surface area (Å²) in [6.45, 7) is -2.90. The Hall–Kier alpha value is -2.50. The number of rotatable bonds is 5. The first-order valence-electron chi connectivity index (χ1n) is 8.13. The lowest BCUT2D eigenvalue weighted by Crippen LogP contribution is -2.38. The molecule has 0 heterocycles. The number of halogens is 3. The van der Waals surface area contributed by atoms with Crippen molar-refractivity contribution in [1.82, 2.24) is 0 Å². The van der Waals surface area contributed by atoms with E-state index >= 15 is 0 Å². The highest BCUT2D eigenvalue weighted by Crippen LogP contribution is 2.43. The SMILES string of the molecule is O=C(Nc1ccc(OC(F)F)cc1)C1(c2ccccc2F)CCCC1. The van der Waals surface area contributed by atoms with E-state index in [-0.39, 0.29) is 17.5 Å². The van der Waals surface area contributed by atoms with Crippen LogP contribution in [0.4, 0.5) is 18.9 Å². The number of hydrogen-bond donors (Lipinski definition) is 1. The van der Waals surface area contributed by atoms with Crippen molar-refractivity contribution in [2.24, 2.45) is 0 Å². The van der Waals surface area contributed by atoms with E-state index in [4.69, 9.17) is 0 Å². The van der Waals surface area contributed by atoms with Gasteiger partial charge in [-0.3, -0.25) is 4.79 Å². The van der Waals surface area contributed by atoms with Crippen molar-refractivity contribution >= 4 is 11.6 Å². The third-order valence-corrected chi connectivity index (χ3v) is 4.62. The first-order valence-corrected chi connectivity index (χ1v) is 8.13. The van der Waals surface area contributed by atoms with Crippen LogP contribution in [0.15, 0.2) is 48.5 Å². The summed E-state index contributed by atoms with van der Waals surface area (Å²) in [5.41, 5.74) is -0.0411. The zero-order valence-corrected chi connectivity index (χ0v) is 13.5. The molecule has 2 aromatic carbocycles. The van der Waals surface area contributed by atoms with Gasteiger partial charge in [0.2, 0.25) is 5.91 Å². The normalized spacial score (nSPS) is 16.0. The van der Waals surface area contributed by atoms with Gasteiger partial charge in [-0.2, -0.15) is 8.78 Å². The molecule has 1 aliphatic rings. The van der Waals surface area contributed by atoms with Gasteiger partial charge >= 0.3 is 6.61 Å². The Labute approximate surface area is 143 Å². The van der Waals surface area contributed by atoms with Gasteiger partial charge in [-0.1, -0.05) is 31.0 Å². The second-order valence-electron chi connectivity index (χ2n) is 6.13. The quantitative estimate of drug-likeness (QED) is 0.836. The van der Waals surface area contributed by atoms with Gasteiger partial charge in [-0.15, -0.1) is 0 Å². The Kier molecular flexibility index (Phi) is 4.97. The molecule has 132 valence electrons.